The van der Waals surface area contributed by atoms with E-state index in [-0.39, 0.29) is 17.9 Å². The number of nitrogens with zero attached hydrogens (tertiary/aromatic N) is 5. The van der Waals surface area contributed by atoms with Crippen molar-refractivity contribution in [1.29, 1.82) is 0 Å². The molecular formula is C28H28N6O3. The monoisotopic (exact) mass is 496 g/mol. The van der Waals surface area contributed by atoms with Crippen LogP contribution in [0.15, 0.2) is 48.5 Å². The number of aromatic amines is 1. The molecule has 4 atom stereocenters. The van der Waals surface area contributed by atoms with Gasteiger partial charge in [0, 0.05) is 43.2 Å². The first-order valence-corrected chi connectivity index (χ1v) is 12.9. The fraction of sp³-hybridized carbons (Fsp3) is 0.393. The molecule has 0 spiro atoms. The lowest BCUT2D eigenvalue weighted by molar-refractivity contribution is 0.0629. The van der Waals surface area contributed by atoms with E-state index in [0.29, 0.717) is 59.3 Å². The highest BCUT2D eigenvalue weighted by atomic mass is 16.5. The lowest BCUT2D eigenvalue weighted by Gasteiger charge is -2.42. The molecule has 9 heteroatoms. The van der Waals surface area contributed by atoms with E-state index in [4.69, 9.17) is 4.74 Å². The van der Waals surface area contributed by atoms with Crippen molar-refractivity contribution in [3.8, 4) is 5.75 Å². The molecule has 4 aromatic rings. The van der Waals surface area contributed by atoms with Crippen LogP contribution in [0.2, 0.25) is 0 Å². The van der Waals surface area contributed by atoms with Gasteiger partial charge in [-0.25, -0.2) is 4.98 Å². The number of likely N-dealkylation sites (tertiary alicyclic amines) is 2. The lowest BCUT2D eigenvalue weighted by Crippen LogP contribution is -2.44. The summed E-state index contributed by atoms with van der Waals surface area (Å²) in [5, 5.41) is 11.7. The van der Waals surface area contributed by atoms with Crippen LogP contribution >= 0.6 is 0 Å². The third-order valence-electron chi connectivity index (χ3n) is 8.32. The number of H-pyrrole nitrogens is 1. The number of nitrogens with one attached hydrogen (secondary N) is 1. The van der Waals surface area contributed by atoms with Gasteiger partial charge < -0.3 is 14.5 Å². The van der Waals surface area contributed by atoms with Gasteiger partial charge in [0.25, 0.3) is 11.8 Å². The van der Waals surface area contributed by atoms with Crippen molar-refractivity contribution in [3.05, 3.63) is 59.8 Å². The predicted octanol–water partition coefficient (Wildman–Crippen LogP) is 3.38. The number of pyridine rings is 1. The highest BCUT2D eigenvalue weighted by Gasteiger charge is 2.59. The first-order valence-electron chi connectivity index (χ1n) is 12.9. The minimum Gasteiger partial charge on any atom is -0.490 e. The fourth-order valence-corrected chi connectivity index (χ4v) is 6.63. The molecule has 2 aromatic carbocycles. The molecule has 2 unspecified atom stereocenters. The van der Waals surface area contributed by atoms with Crippen molar-refractivity contribution in [2.75, 3.05) is 26.2 Å². The Hall–Kier alpha value is -4.01. The van der Waals surface area contributed by atoms with Crippen molar-refractivity contribution in [3.63, 3.8) is 0 Å². The first kappa shape index (κ1) is 22.2. The predicted molar refractivity (Wildman–Crippen MR) is 137 cm³/mol. The highest BCUT2D eigenvalue weighted by molar-refractivity contribution is 5.98. The van der Waals surface area contributed by atoms with Crippen LogP contribution in [0.1, 0.15) is 34.7 Å². The number of carbonyl (C=O) groups excluding carboxylic acids is 2. The third-order valence-corrected chi connectivity index (χ3v) is 8.32. The van der Waals surface area contributed by atoms with Crippen LogP contribution in [0.4, 0.5) is 0 Å². The molecule has 0 radical (unpaired) electrons. The van der Waals surface area contributed by atoms with Gasteiger partial charge in [-0.15, -0.1) is 0 Å². The summed E-state index contributed by atoms with van der Waals surface area (Å²) in [5.74, 6) is 2.43. The number of aromatic nitrogens is 4. The van der Waals surface area contributed by atoms with E-state index < -0.39 is 0 Å². The molecule has 2 amide bonds. The third kappa shape index (κ3) is 3.55. The van der Waals surface area contributed by atoms with Crippen LogP contribution in [0.5, 0.6) is 5.75 Å². The maximum Gasteiger partial charge on any atom is 0.272 e. The largest absolute Gasteiger partial charge is 0.490 e. The molecule has 3 aliphatic rings. The summed E-state index contributed by atoms with van der Waals surface area (Å²) in [6.07, 6.45) is -0.000662. The van der Waals surface area contributed by atoms with Crippen LogP contribution < -0.4 is 4.74 Å². The van der Waals surface area contributed by atoms with Crippen molar-refractivity contribution < 1.29 is 14.3 Å². The molecule has 0 bridgehead atoms. The first-order chi connectivity index (χ1) is 18.0. The van der Waals surface area contributed by atoms with Crippen LogP contribution in [-0.2, 0) is 0 Å². The molecule has 1 N–H and O–H groups in total. The molecule has 188 valence electrons. The number of carbonyl (C=O) groups is 2. The smallest absolute Gasteiger partial charge is 0.272 e. The number of rotatable bonds is 4. The van der Waals surface area contributed by atoms with Crippen molar-refractivity contribution in [2.45, 2.75) is 20.0 Å². The summed E-state index contributed by atoms with van der Waals surface area (Å²) in [5.41, 5.74) is 3.29. The molecule has 4 heterocycles. The Balaban J connectivity index is 1.06. The number of para-hydroxylation sites is 1. The molecule has 2 saturated heterocycles. The molecule has 9 nitrogen and oxygen atoms in total. The Morgan fingerprint density at radius 3 is 2.19 bits per heavy atom. The van der Waals surface area contributed by atoms with Gasteiger partial charge in [0.1, 0.15) is 22.5 Å². The van der Waals surface area contributed by atoms with Gasteiger partial charge in [0.05, 0.1) is 11.6 Å². The van der Waals surface area contributed by atoms with Crippen LogP contribution in [-0.4, -0.2) is 74.3 Å². The van der Waals surface area contributed by atoms with Gasteiger partial charge in [-0.1, -0.05) is 12.1 Å². The molecule has 3 fully saturated rings. The number of benzene rings is 2. The van der Waals surface area contributed by atoms with E-state index >= 15 is 0 Å². The number of ether oxygens (including phenoxy) is 1. The zero-order valence-corrected chi connectivity index (χ0v) is 20.8. The van der Waals surface area contributed by atoms with E-state index in [1.165, 1.54) is 0 Å². The summed E-state index contributed by atoms with van der Waals surface area (Å²) in [6, 6.07) is 15.0. The van der Waals surface area contributed by atoms with Gasteiger partial charge in [0.15, 0.2) is 0 Å². The SMILES string of the molecule is CC(C)Oc1cc(C(=O)N2CC3C(C2)[C@@H]2CN(C(=O)c4ccc5n[nH]nc5c4)C[C@H]32)nc2ccccc12. The second-order valence-corrected chi connectivity index (χ2v) is 10.8. The molecular weight excluding hydrogens is 468 g/mol. The second-order valence-electron chi connectivity index (χ2n) is 10.8. The van der Waals surface area contributed by atoms with Crippen molar-refractivity contribution >= 4 is 33.8 Å². The standard InChI is InChI=1S/C28H28N6O3/c1-15(2)37-26-10-25(29-22-6-4-3-5-17(22)26)28(36)34-13-20-18-11-33(12-19(18)21(20)14-34)27(35)16-7-8-23-24(9-16)31-32-30-23/h3-10,15,18-21H,11-14H2,1-2H3,(H,30,31,32)/t18-,19+,20?,21?. The normalized spacial score (nSPS) is 24.4. The van der Waals surface area contributed by atoms with Crippen molar-refractivity contribution in [1.82, 2.24) is 30.2 Å². The maximum atomic E-state index is 13.5. The zero-order valence-electron chi connectivity index (χ0n) is 20.8. The zero-order chi connectivity index (χ0) is 25.3. The maximum absolute atomic E-state index is 13.5. The summed E-state index contributed by atoms with van der Waals surface area (Å²) in [6.45, 7) is 6.87. The Morgan fingerprint density at radius 2 is 1.49 bits per heavy atom. The summed E-state index contributed by atoms with van der Waals surface area (Å²) < 4.78 is 6.03. The lowest BCUT2D eigenvalue weighted by atomic mass is 9.60. The highest BCUT2D eigenvalue weighted by Crippen LogP contribution is 2.54. The minimum absolute atomic E-state index is 0.000662. The van der Waals surface area contributed by atoms with Crippen LogP contribution in [0.25, 0.3) is 21.9 Å². The number of hydrogen-bond donors (Lipinski definition) is 1. The average molecular weight is 497 g/mol. The van der Waals surface area contributed by atoms with E-state index in [2.05, 4.69) is 20.4 Å². The van der Waals surface area contributed by atoms with Gasteiger partial charge in [0.2, 0.25) is 0 Å². The molecule has 2 aliphatic heterocycles. The van der Waals surface area contributed by atoms with E-state index in [1.54, 1.807) is 12.1 Å². The average Bonchev–Trinajstić information content (AvgIpc) is 3.61. The van der Waals surface area contributed by atoms with Gasteiger partial charge in [-0.3, -0.25) is 9.59 Å². The Bertz CT molecular complexity index is 1530. The Kier molecular flexibility index (Phi) is 4.96. The molecule has 7 rings (SSSR count). The fourth-order valence-electron chi connectivity index (χ4n) is 6.63. The number of fused-ring (bicyclic) bond motifs is 6. The van der Waals surface area contributed by atoms with Gasteiger partial charge in [-0.05, 0) is 67.9 Å². The number of hydrogen-bond acceptors (Lipinski definition) is 6. The quantitative estimate of drug-likeness (QED) is 0.465. The molecule has 1 saturated carbocycles. The van der Waals surface area contributed by atoms with Crippen molar-refractivity contribution in [2.24, 2.45) is 23.7 Å². The van der Waals surface area contributed by atoms with Crippen LogP contribution in [0, 0.1) is 23.7 Å². The second kappa shape index (κ2) is 8.26. The number of amides is 2. The molecule has 1 aliphatic carbocycles. The molecule has 37 heavy (non-hydrogen) atoms. The summed E-state index contributed by atoms with van der Waals surface area (Å²) in [7, 11) is 0. The van der Waals surface area contributed by atoms with E-state index in [0.717, 1.165) is 29.5 Å². The van der Waals surface area contributed by atoms with E-state index in [1.807, 2.05) is 60.0 Å². The Morgan fingerprint density at radius 1 is 0.838 bits per heavy atom. The topological polar surface area (TPSA) is 104 Å². The summed E-state index contributed by atoms with van der Waals surface area (Å²) >= 11 is 0. The van der Waals surface area contributed by atoms with Gasteiger partial charge in [-0.2, -0.15) is 15.4 Å². The van der Waals surface area contributed by atoms with Gasteiger partial charge >= 0.3 is 0 Å². The van der Waals surface area contributed by atoms with Crippen LogP contribution in [0.3, 0.4) is 0 Å². The minimum atomic E-state index is -0.0410. The van der Waals surface area contributed by atoms with E-state index in [9.17, 15) is 9.59 Å². The Labute approximate surface area is 213 Å². The summed E-state index contributed by atoms with van der Waals surface area (Å²) in [4.78, 5) is 35.4. The molecule has 2 aromatic heterocycles.